The normalized spacial score (nSPS) is 12.1. The number of hydrogen-bond donors (Lipinski definition) is 10. The van der Waals surface area contributed by atoms with Gasteiger partial charge in [0.1, 0.15) is 17.5 Å². The van der Waals surface area contributed by atoms with Crippen LogP contribution in [0.25, 0.3) is 0 Å². The van der Waals surface area contributed by atoms with Gasteiger partial charge in [0.2, 0.25) is 29.5 Å². The van der Waals surface area contributed by atoms with Crippen molar-refractivity contribution in [1.29, 1.82) is 0 Å². The molecule has 0 unspecified atom stereocenters. The minimum atomic E-state index is -1.13. The summed E-state index contributed by atoms with van der Waals surface area (Å²) < 4.78 is 0. The van der Waals surface area contributed by atoms with Crippen molar-refractivity contribution < 1.29 is 34.2 Å². The second kappa shape index (κ2) is 23.4. The Morgan fingerprint density at radius 1 is 0.756 bits per heavy atom. The quantitative estimate of drug-likeness (QED) is 0.0562. The summed E-state index contributed by atoms with van der Waals surface area (Å²) >= 11 is 0. The topological polar surface area (TPSA) is 250 Å². The van der Waals surface area contributed by atoms with Crippen molar-refractivity contribution in [3.05, 3.63) is 23.8 Å². The number of carbonyl (C=O) groups excluding carboxylic acids is 5. The zero-order valence-corrected chi connectivity index (χ0v) is 26.3. The molecule has 2 atom stereocenters. The van der Waals surface area contributed by atoms with Crippen LogP contribution in [0.4, 0.5) is 0 Å². The third kappa shape index (κ3) is 19.8. The summed E-state index contributed by atoms with van der Waals surface area (Å²) in [6.45, 7) is 6.25. The Morgan fingerprint density at radius 2 is 1.33 bits per heavy atom. The smallest absolute Gasteiger partial charge is 0.243 e. The van der Waals surface area contributed by atoms with E-state index >= 15 is 0 Å². The molecule has 1 rings (SSSR count). The number of hydrogen-bond acceptors (Lipinski definition) is 10. The molecule has 0 aliphatic rings. The predicted molar refractivity (Wildman–Crippen MR) is 170 cm³/mol. The van der Waals surface area contributed by atoms with Gasteiger partial charge in [0.15, 0.2) is 0 Å². The van der Waals surface area contributed by atoms with Crippen LogP contribution in [0.3, 0.4) is 0 Å². The van der Waals surface area contributed by atoms with Crippen LogP contribution in [0.15, 0.2) is 18.2 Å². The molecule has 1 aromatic carbocycles. The van der Waals surface area contributed by atoms with Gasteiger partial charge in [-0.25, -0.2) is 0 Å². The van der Waals surface area contributed by atoms with Crippen molar-refractivity contribution in [2.75, 3.05) is 45.8 Å². The fraction of sp³-hybridized carbons (Fsp3) is 0.633. The average Bonchev–Trinajstić information content (AvgIpc) is 2.97. The van der Waals surface area contributed by atoms with Crippen LogP contribution in [-0.2, 0) is 30.4 Å². The molecule has 0 bridgehead atoms. The average molecular weight is 637 g/mol. The highest BCUT2D eigenvalue weighted by atomic mass is 16.3. The summed E-state index contributed by atoms with van der Waals surface area (Å²) in [4.78, 5) is 59.2. The molecular formula is C30H52N8O7. The van der Waals surface area contributed by atoms with Crippen molar-refractivity contribution in [1.82, 2.24) is 31.9 Å². The molecule has 15 nitrogen and oxygen atoms in total. The molecule has 0 spiro atoms. The van der Waals surface area contributed by atoms with E-state index in [1.165, 1.54) is 19.1 Å². The monoisotopic (exact) mass is 636 g/mol. The number of nitrogens with two attached hydrogens (primary N) is 2. The van der Waals surface area contributed by atoms with E-state index < -0.39 is 29.8 Å². The third-order valence-corrected chi connectivity index (χ3v) is 6.75. The van der Waals surface area contributed by atoms with Gasteiger partial charge in [-0.3, -0.25) is 24.0 Å². The number of rotatable bonds is 25. The van der Waals surface area contributed by atoms with Gasteiger partial charge in [-0.1, -0.05) is 12.5 Å². The highest BCUT2D eigenvalue weighted by Crippen LogP contribution is 2.22. The molecule has 0 aliphatic carbocycles. The summed E-state index contributed by atoms with van der Waals surface area (Å²) in [7, 11) is 0. The second-order valence-corrected chi connectivity index (χ2v) is 10.9. The van der Waals surface area contributed by atoms with Gasteiger partial charge in [-0.15, -0.1) is 0 Å². The molecule has 0 saturated carbocycles. The van der Waals surface area contributed by atoms with Crippen LogP contribution in [-0.4, -0.2) is 97.6 Å². The molecule has 0 aliphatic heterocycles. The van der Waals surface area contributed by atoms with Gasteiger partial charge in [0.05, 0.1) is 18.9 Å². The number of carbonyl (C=O) groups is 5. The zero-order chi connectivity index (χ0) is 33.5. The number of phenols is 2. The SMILES string of the molecule is CC(=O)NCCC[C@H](N)C(=O)NCCCNCCCNCCCCCNC(=O)[C@H](CC(N)=O)NC(=O)Cc1ccc(O)cc1O. The lowest BCUT2D eigenvalue weighted by Gasteiger charge is -2.17. The largest absolute Gasteiger partial charge is 0.508 e. The van der Waals surface area contributed by atoms with E-state index in [4.69, 9.17) is 11.5 Å². The van der Waals surface area contributed by atoms with Crippen LogP contribution in [0, 0.1) is 0 Å². The van der Waals surface area contributed by atoms with Gasteiger partial charge in [-0.2, -0.15) is 0 Å². The molecule has 45 heavy (non-hydrogen) atoms. The van der Waals surface area contributed by atoms with Crippen molar-refractivity contribution >= 4 is 29.5 Å². The first-order valence-corrected chi connectivity index (χ1v) is 15.5. The summed E-state index contributed by atoms with van der Waals surface area (Å²) in [6.07, 6.45) is 4.87. The van der Waals surface area contributed by atoms with E-state index in [-0.39, 0.29) is 41.7 Å². The molecule has 1 aromatic rings. The molecule has 0 heterocycles. The number of benzene rings is 1. The highest BCUT2D eigenvalue weighted by Gasteiger charge is 2.23. The molecule has 0 saturated heterocycles. The lowest BCUT2D eigenvalue weighted by atomic mass is 10.1. The van der Waals surface area contributed by atoms with Gasteiger partial charge in [0, 0.05) is 38.2 Å². The van der Waals surface area contributed by atoms with E-state index in [2.05, 4.69) is 31.9 Å². The molecule has 254 valence electrons. The van der Waals surface area contributed by atoms with Crippen molar-refractivity contribution in [2.24, 2.45) is 11.5 Å². The van der Waals surface area contributed by atoms with E-state index in [1.807, 2.05) is 0 Å². The zero-order valence-electron chi connectivity index (χ0n) is 26.3. The van der Waals surface area contributed by atoms with Gasteiger partial charge >= 0.3 is 0 Å². The Kier molecular flexibility index (Phi) is 20.3. The van der Waals surface area contributed by atoms with E-state index in [0.29, 0.717) is 32.5 Å². The fourth-order valence-corrected chi connectivity index (χ4v) is 4.28. The lowest BCUT2D eigenvalue weighted by molar-refractivity contribution is -0.131. The lowest BCUT2D eigenvalue weighted by Crippen LogP contribution is -2.49. The number of phenolic OH excluding ortho intramolecular Hbond substituents is 2. The third-order valence-electron chi connectivity index (χ3n) is 6.75. The first-order chi connectivity index (χ1) is 21.5. The first kappa shape index (κ1) is 39.1. The minimum absolute atomic E-state index is 0.0957. The molecule has 0 fully saturated rings. The molecule has 5 amide bonds. The Bertz CT molecular complexity index is 1070. The summed E-state index contributed by atoms with van der Waals surface area (Å²) in [6, 6.07) is 2.14. The van der Waals surface area contributed by atoms with Crippen molar-refractivity contribution in [3.8, 4) is 11.5 Å². The van der Waals surface area contributed by atoms with Crippen LogP contribution in [0.2, 0.25) is 0 Å². The molecule has 0 aromatic heterocycles. The Morgan fingerprint density at radius 3 is 1.98 bits per heavy atom. The Balaban J connectivity index is 2.05. The maximum atomic E-state index is 12.5. The summed E-state index contributed by atoms with van der Waals surface area (Å²) in [5.41, 5.74) is 11.4. The molecule has 0 radical (unpaired) electrons. The van der Waals surface area contributed by atoms with Crippen LogP contribution < -0.4 is 43.4 Å². The maximum Gasteiger partial charge on any atom is 0.243 e. The fourth-order valence-electron chi connectivity index (χ4n) is 4.28. The van der Waals surface area contributed by atoms with E-state index in [1.54, 1.807) is 0 Å². The van der Waals surface area contributed by atoms with Gasteiger partial charge < -0.3 is 53.6 Å². The number of aromatic hydroxyl groups is 2. The van der Waals surface area contributed by atoms with E-state index in [0.717, 1.165) is 64.3 Å². The van der Waals surface area contributed by atoms with Gasteiger partial charge in [0.25, 0.3) is 0 Å². The van der Waals surface area contributed by atoms with Crippen LogP contribution in [0.1, 0.15) is 63.9 Å². The second-order valence-electron chi connectivity index (χ2n) is 10.9. The maximum absolute atomic E-state index is 12.5. The Hall–Kier alpha value is -3.95. The van der Waals surface area contributed by atoms with Crippen molar-refractivity contribution in [2.45, 2.75) is 76.8 Å². The summed E-state index contributed by atoms with van der Waals surface area (Å²) in [5, 5.41) is 36.7. The molecule has 15 heteroatoms. The van der Waals surface area contributed by atoms with Crippen LogP contribution in [0.5, 0.6) is 11.5 Å². The Labute approximate surface area is 265 Å². The van der Waals surface area contributed by atoms with E-state index in [9.17, 15) is 34.2 Å². The van der Waals surface area contributed by atoms with Crippen molar-refractivity contribution in [3.63, 3.8) is 0 Å². The molecular weight excluding hydrogens is 584 g/mol. The first-order valence-electron chi connectivity index (χ1n) is 15.5. The van der Waals surface area contributed by atoms with Gasteiger partial charge in [-0.05, 0) is 70.8 Å². The minimum Gasteiger partial charge on any atom is -0.508 e. The number of amides is 5. The molecule has 12 N–H and O–H groups in total. The predicted octanol–water partition coefficient (Wildman–Crippen LogP) is -1.39. The number of nitrogens with one attached hydrogen (secondary N) is 6. The number of primary amides is 1. The van der Waals surface area contributed by atoms with Crippen LogP contribution >= 0.6 is 0 Å². The standard InChI is InChI=1S/C30H52N8O7/c1-21(39)35-16-5-8-24(31)29(44)36-17-7-14-34-13-6-12-33-11-3-2-4-15-37-30(45)25(20-27(32)42)38-28(43)18-22-9-10-23(40)19-26(22)41/h9-10,19,24-25,33-34,40-41H,2-8,11-18,20,31H2,1H3,(H2,32,42)(H,35,39)(H,36,44)(H,37,45)(H,38,43)/t24-,25-/m0/s1. The summed E-state index contributed by atoms with van der Waals surface area (Å²) in [5.74, 6) is -2.48. The highest BCUT2D eigenvalue weighted by molar-refractivity contribution is 5.92. The number of unbranched alkanes of at least 4 members (excludes halogenated alkanes) is 2.